The van der Waals surface area contributed by atoms with Crippen LogP contribution in [0.1, 0.15) is 48.4 Å². The summed E-state index contributed by atoms with van der Waals surface area (Å²) < 4.78 is 2.17. The molecule has 1 unspecified atom stereocenters. The monoisotopic (exact) mass is 367 g/mol. The summed E-state index contributed by atoms with van der Waals surface area (Å²) in [5, 5.41) is 3.06. The molecule has 1 aromatic carbocycles. The number of likely N-dealkylation sites (tertiary alicyclic amines) is 1. The fraction of sp³-hybridized carbons (Fsp3) is 0.455. The van der Waals surface area contributed by atoms with Crippen LogP contribution in [-0.4, -0.2) is 40.4 Å². The second kappa shape index (κ2) is 7.99. The lowest BCUT2D eigenvalue weighted by atomic mass is 10.0. The van der Waals surface area contributed by atoms with Crippen molar-refractivity contribution in [3.63, 3.8) is 0 Å². The molecule has 2 aromatic rings. The van der Waals surface area contributed by atoms with Crippen molar-refractivity contribution in [2.45, 2.75) is 46.6 Å². The highest BCUT2D eigenvalue weighted by atomic mass is 16.2. The zero-order valence-corrected chi connectivity index (χ0v) is 16.7. The van der Waals surface area contributed by atoms with Crippen LogP contribution in [0.3, 0.4) is 0 Å². The zero-order valence-electron chi connectivity index (χ0n) is 16.7. The third-order valence-corrected chi connectivity index (χ3v) is 5.22. The minimum Gasteiger partial charge on any atom is -0.351 e. The maximum atomic E-state index is 12.9. The largest absolute Gasteiger partial charge is 0.351 e. The molecule has 0 spiro atoms. The molecule has 1 aliphatic heterocycles. The first-order valence-corrected chi connectivity index (χ1v) is 9.72. The standard InChI is InChI=1S/C22H29N3O2/c1-15(2)21(26)23-19-6-5-13-24(14-19)22(27)18-9-11-20(12-10-18)25-16(3)7-8-17(25)4/h7-12,15,19H,5-6,13-14H2,1-4H3,(H,23,26). The molecule has 1 N–H and O–H groups in total. The van der Waals surface area contributed by atoms with E-state index in [4.69, 9.17) is 0 Å². The molecule has 144 valence electrons. The van der Waals surface area contributed by atoms with Crippen molar-refractivity contribution in [3.8, 4) is 5.69 Å². The molecule has 0 bridgehead atoms. The fourth-order valence-corrected chi connectivity index (χ4v) is 3.66. The lowest BCUT2D eigenvalue weighted by Gasteiger charge is -2.33. The van der Waals surface area contributed by atoms with Gasteiger partial charge >= 0.3 is 0 Å². The van der Waals surface area contributed by atoms with Gasteiger partial charge in [-0.15, -0.1) is 0 Å². The molecule has 2 amide bonds. The number of hydrogen-bond acceptors (Lipinski definition) is 2. The van der Waals surface area contributed by atoms with Crippen LogP contribution in [0.4, 0.5) is 0 Å². The van der Waals surface area contributed by atoms with Crippen LogP contribution >= 0.6 is 0 Å². The number of carbonyl (C=O) groups is 2. The number of carbonyl (C=O) groups excluding carboxylic acids is 2. The van der Waals surface area contributed by atoms with Gasteiger partial charge < -0.3 is 14.8 Å². The number of aromatic nitrogens is 1. The van der Waals surface area contributed by atoms with Crippen molar-refractivity contribution in [2.24, 2.45) is 5.92 Å². The van der Waals surface area contributed by atoms with Gasteiger partial charge in [0.25, 0.3) is 5.91 Å². The Morgan fingerprint density at radius 1 is 1.04 bits per heavy atom. The molecule has 3 rings (SSSR count). The number of nitrogens with one attached hydrogen (secondary N) is 1. The van der Waals surface area contributed by atoms with Crippen LogP contribution in [-0.2, 0) is 4.79 Å². The molecule has 1 saturated heterocycles. The van der Waals surface area contributed by atoms with Gasteiger partial charge in [0.2, 0.25) is 5.91 Å². The third-order valence-electron chi connectivity index (χ3n) is 5.22. The molecule has 1 atom stereocenters. The SMILES string of the molecule is Cc1ccc(C)n1-c1ccc(C(=O)N2CCCC(NC(=O)C(C)C)C2)cc1. The van der Waals surface area contributed by atoms with E-state index in [0.29, 0.717) is 12.1 Å². The van der Waals surface area contributed by atoms with Gasteiger partial charge in [0.1, 0.15) is 0 Å². The van der Waals surface area contributed by atoms with Crippen LogP contribution in [0.25, 0.3) is 5.69 Å². The molecule has 2 heterocycles. The van der Waals surface area contributed by atoms with Gasteiger partial charge in [0.05, 0.1) is 0 Å². The van der Waals surface area contributed by atoms with E-state index in [1.165, 1.54) is 11.4 Å². The Labute approximate surface area is 161 Å². The van der Waals surface area contributed by atoms with Gasteiger partial charge in [0, 0.05) is 47.7 Å². The molecule has 1 aromatic heterocycles. The minimum absolute atomic E-state index is 0.0333. The number of nitrogens with zero attached hydrogens (tertiary/aromatic N) is 2. The number of hydrogen-bond donors (Lipinski definition) is 1. The average Bonchev–Trinajstić information content (AvgIpc) is 3.00. The van der Waals surface area contributed by atoms with E-state index in [1.54, 1.807) is 0 Å². The normalized spacial score (nSPS) is 17.2. The third kappa shape index (κ3) is 4.24. The summed E-state index contributed by atoms with van der Waals surface area (Å²) in [6.07, 6.45) is 1.84. The Hall–Kier alpha value is -2.56. The quantitative estimate of drug-likeness (QED) is 0.900. The first-order valence-electron chi connectivity index (χ1n) is 9.72. The lowest BCUT2D eigenvalue weighted by Crippen LogP contribution is -2.50. The van der Waals surface area contributed by atoms with Gasteiger partial charge in [0.15, 0.2) is 0 Å². The second-order valence-corrected chi connectivity index (χ2v) is 7.75. The smallest absolute Gasteiger partial charge is 0.253 e. The number of aryl methyl sites for hydroxylation is 2. The molecule has 0 radical (unpaired) electrons. The van der Waals surface area contributed by atoms with Crippen LogP contribution in [0.2, 0.25) is 0 Å². The van der Waals surface area contributed by atoms with Gasteiger partial charge in [-0.3, -0.25) is 9.59 Å². The van der Waals surface area contributed by atoms with Crippen molar-refractivity contribution >= 4 is 11.8 Å². The van der Waals surface area contributed by atoms with Crippen LogP contribution in [0.5, 0.6) is 0 Å². The Bertz CT molecular complexity index is 801. The second-order valence-electron chi connectivity index (χ2n) is 7.75. The van der Waals surface area contributed by atoms with E-state index in [0.717, 1.165) is 25.1 Å². The minimum atomic E-state index is -0.0378. The summed E-state index contributed by atoms with van der Waals surface area (Å²) in [6, 6.07) is 12.0. The number of benzene rings is 1. The van der Waals surface area contributed by atoms with Crippen molar-refractivity contribution < 1.29 is 9.59 Å². The fourth-order valence-electron chi connectivity index (χ4n) is 3.66. The Morgan fingerprint density at radius 3 is 2.26 bits per heavy atom. The molecule has 5 heteroatoms. The zero-order chi connectivity index (χ0) is 19.6. The van der Waals surface area contributed by atoms with Gasteiger partial charge in [-0.25, -0.2) is 0 Å². The lowest BCUT2D eigenvalue weighted by molar-refractivity contribution is -0.125. The Balaban J connectivity index is 1.69. The van der Waals surface area contributed by atoms with Gasteiger partial charge in [-0.05, 0) is 63.1 Å². The molecule has 0 aliphatic carbocycles. The van der Waals surface area contributed by atoms with Crippen molar-refractivity contribution in [1.82, 2.24) is 14.8 Å². The van der Waals surface area contributed by atoms with E-state index in [1.807, 2.05) is 43.0 Å². The molecule has 27 heavy (non-hydrogen) atoms. The average molecular weight is 367 g/mol. The summed E-state index contributed by atoms with van der Waals surface area (Å²) in [5.41, 5.74) is 4.10. The van der Waals surface area contributed by atoms with E-state index in [2.05, 4.69) is 35.9 Å². The maximum absolute atomic E-state index is 12.9. The molecule has 5 nitrogen and oxygen atoms in total. The number of piperidine rings is 1. The summed E-state index contributed by atoms with van der Waals surface area (Å²) in [4.78, 5) is 26.7. The van der Waals surface area contributed by atoms with Crippen LogP contribution < -0.4 is 5.32 Å². The number of amides is 2. The van der Waals surface area contributed by atoms with E-state index >= 15 is 0 Å². The number of rotatable bonds is 4. The first kappa shape index (κ1) is 19.2. The summed E-state index contributed by atoms with van der Waals surface area (Å²) in [5.74, 6) is 0.0475. The predicted octanol–water partition coefficient (Wildman–Crippen LogP) is 3.47. The van der Waals surface area contributed by atoms with Crippen molar-refractivity contribution in [3.05, 3.63) is 53.3 Å². The predicted molar refractivity (Wildman–Crippen MR) is 107 cm³/mol. The van der Waals surface area contributed by atoms with Gasteiger partial charge in [-0.1, -0.05) is 13.8 Å². The van der Waals surface area contributed by atoms with Crippen LogP contribution in [0, 0.1) is 19.8 Å². The summed E-state index contributed by atoms with van der Waals surface area (Å²) in [7, 11) is 0. The topological polar surface area (TPSA) is 54.3 Å². The van der Waals surface area contributed by atoms with Crippen molar-refractivity contribution in [1.29, 1.82) is 0 Å². The van der Waals surface area contributed by atoms with Crippen molar-refractivity contribution in [2.75, 3.05) is 13.1 Å². The molecular weight excluding hydrogens is 338 g/mol. The highest BCUT2D eigenvalue weighted by Gasteiger charge is 2.26. The first-order chi connectivity index (χ1) is 12.9. The Kier molecular flexibility index (Phi) is 5.68. The molecular formula is C22H29N3O2. The summed E-state index contributed by atoms with van der Waals surface area (Å²) in [6.45, 7) is 9.24. The molecule has 1 fully saturated rings. The molecule has 1 aliphatic rings. The molecule has 0 saturated carbocycles. The maximum Gasteiger partial charge on any atom is 0.253 e. The van der Waals surface area contributed by atoms with Gasteiger partial charge in [-0.2, -0.15) is 0 Å². The van der Waals surface area contributed by atoms with Crippen LogP contribution in [0.15, 0.2) is 36.4 Å². The van der Waals surface area contributed by atoms with E-state index in [-0.39, 0.29) is 23.8 Å². The van der Waals surface area contributed by atoms with E-state index in [9.17, 15) is 9.59 Å². The summed E-state index contributed by atoms with van der Waals surface area (Å²) >= 11 is 0. The van der Waals surface area contributed by atoms with E-state index < -0.39 is 0 Å². The highest BCUT2D eigenvalue weighted by Crippen LogP contribution is 2.19. The Morgan fingerprint density at radius 2 is 1.67 bits per heavy atom. The highest BCUT2D eigenvalue weighted by molar-refractivity contribution is 5.94.